The number of ketones is 2. The van der Waals surface area contributed by atoms with Crippen molar-refractivity contribution in [2.24, 2.45) is 0 Å². The topological polar surface area (TPSA) is 131 Å². The van der Waals surface area contributed by atoms with E-state index in [1.807, 2.05) is 0 Å². The molecule has 9 nitrogen and oxygen atoms in total. The maximum atomic E-state index is 12.7. The van der Waals surface area contributed by atoms with Gasteiger partial charge in [0.15, 0.2) is 0 Å². The van der Waals surface area contributed by atoms with Gasteiger partial charge in [0.2, 0.25) is 17.5 Å². The molecule has 1 aliphatic rings. The highest BCUT2D eigenvalue weighted by atomic mass is 35.5. The van der Waals surface area contributed by atoms with Gasteiger partial charge in [-0.1, -0.05) is 16.8 Å². The second kappa shape index (κ2) is 7.64. The van der Waals surface area contributed by atoms with E-state index in [1.54, 1.807) is 19.9 Å². The first-order valence-corrected chi connectivity index (χ1v) is 10.8. The number of carbonyl (C=O) groups is 2. The number of hydrogen-bond acceptors (Lipinski definition) is 8. The van der Waals surface area contributed by atoms with Crippen LogP contribution in [0, 0.1) is 13.8 Å². The fourth-order valence-corrected chi connectivity index (χ4v) is 4.16. The van der Waals surface area contributed by atoms with Crippen molar-refractivity contribution in [3.05, 3.63) is 75.8 Å². The number of carbonyl (C=O) groups excluding carboxylic acids is 2. The molecule has 2 heterocycles. The largest absolute Gasteiger partial charge is 0.351 e. The Hall–Kier alpha value is -3.50. The number of hydrogen-bond donors (Lipinski definition) is 2. The predicted molar refractivity (Wildman–Crippen MR) is 113 cm³/mol. The van der Waals surface area contributed by atoms with E-state index in [0.29, 0.717) is 16.9 Å². The number of rotatable bonds is 5. The molecule has 0 amide bonds. The molecule has 0 fully saturated rings. The molecular formula is C20H15ClN4O5S. The van der Waals surface area contributed by atoms with E-state index in [0.717, 1.165) is 0 Å². The van der Waals surface area contributed by atoms with Crippen LogP contribution in [0.1, 0.15) is 32.1 Å². The number of pyridine rings is 1. The summed E-state index contributed by atoms with van der Waals surface area (Å²) in [6.07, 6.45) is 1.40. The Morgan fingerprint density at radius 1 is 1.03 bits per heavy atom. The molecule has 0 aliphatic heterocycles. The van der Waals surface area contributed by atoms with E-state index < -0.39 is 21.6 Å². The minimum atomic E-state index is -3.92. The van der Waals surface area contributed by atoms with Gasteiger partial charge in [0.1, 0.15) is 16.4 Å². The maximum Gasteiger partial charge on any atom is 0.264 e. The van der Waals surface area contributed by atoms with Crippen molar-refractivity contribution >= 4 is 44.8 Å². The molecule has 0 unspecified atom stereocenters. The van der Waals surface area contributed by atoms with Crippen molar-refractivity contribution in [1.29, 1.82) is 0 Å². The molecule has 31 heavy (non-hydrogen) atoms. The minimum Gasteiger partial charge on any atom is -0.351 e. The first-order valence-electron chi connectivity index (χ1n) is 8.96. The number of aryl methyl sites for hydroxylation is 1. The Morgan fingerprint density at radius 2 is 1.74 bits per heavy atom. The monoisotopic (exact) mass is 458 g/mol. The number of nitrogens with zero attached hydrogens (tertiary/aromatic N) is 2. The standard InChI is InChI=1S/C20H15ClN4O5S/c1-10-11(2)24-30-20(10)25-31(28,29)13-7-5-12(6-8-13)23-17-15(21)19(27)16-14(18(17)26)4-3-9-22-16/h3-9,23,25H,1-2H3. The summed E-state index contributed by atoms with van der Waals surface area (Å²) in [4.78, 5) is 29.0. The molecule has 2 N–H and O–H groups in total. The van der Waals surface area contributed by atoms with Crippen molar-refractivity contribution in [3.63, 3.8) is 0 Å². The molecule has 0 spiro atoms. The molecule has 158 valence electrons. The zero-order valence-electron chi connectivity index (χ0n) is 16.3. The molecule has 11 heteroatoms. The highest BCUT2D eigenvalue weighted by Crippen LogP contribution is 2.29. The number of allylic oxidation sites excluding steroid dienone is 2. The lowest BCUT2D eigenvalue weighted by atomic mass is 9.97. The summed E-state index contributed by atoms with van der Waals surface area (Å²) in [5, 5.41) is 6.23. The summed E-state index contributed by atoms with van der Waals surface area (Å²) in [6, 6.07) is 8.60. The third kappa shape index (κ3) is 3.71. The van der Waals surface area contributed by atoms with Crippen LogP contribution in [0.5, 0.6) is 0 Å². The number of halogens is 1. The van der Waals surface area contributed by atoms with E-state index in [4.69, 9.17) is 16.1 Å². The van der Waals surface area contributed by atoms with E-state index in [1.165, 1.54) is 36.5 Å². The van der Waals surface area contributed by atoms with Gasteiger partial charge in [-0.25, -0.2) is 13.1 Å². The number of anilines is 2. The van der Waals surface area contributed by atoms with Crippen molar-refractivity contribution in [3.8, 4) is 0 Å². The maximum absolute atomic E-state index is 12.7. The number of sulfonamides is 1. The molecule has 4 rings (SSSR count). The second-order valence-electron chi connectivity index (χ2n) is 6.72. The van der Waals surface area contributed by atoms with Gasteiger partial charge in [-0.3, -0.25) is 14.6 Å². The smallest absolute Gasteiger partial charge is 0.264 e. The van der Waals surface area contributed by atoms with Crippen LogP contribution < -0.4 is 10.0 Å². The Morgan fingerprint density at radius 3 is 2.39 bits per heavy atom. The van der Waals surface area contributed by atoms with E-state index in [-0.39, 0.29) is 32.8 Å². The van der Waals surface area contributed by atoms with E-state index in [9.17, 15) is 18.0 Å². The lowest BCUT2D eigenvalue weighted by Crippen LogP contribution is -2.25. The summed E-state index contributed by atoms with van der Waals surface area (Å²) in [7, 11) is -3.92. The average molecular weight is 459 g/mol. The third-order valence-corrected chi connectivity index (χ3v) is 6.44. The van der Waals surface area contributed by atoms with Crippen LogP contribution in [0.4, 0.5) is 11.6 Å². The minimum absolute atomic E-state index is 0.00601. The molecule has 0 bridgehead atoms. The van der Waals surface area contributed by atoms with E-state index in [2.05, 4.69) is 20.2 Å². The van der Waals surface area contributed by atoms with Crippen LogP contribution in [0.2, 0.25) is 0 Å². The van der Waals surface area contributed by atoms with Crippen LogP contribution in [0.15, 0.2) is 62.7 Å². The van der Waals surface area contributed by atoms with Crippen LogP contribution in [0.25, 0.3) is 0 Å². The predicted octanol–water partition coefficient (Wildman–Crippen LogP) is 3.43. The van der Waals surface area contributed by atoms with E-state index >= 15 is 0 Å². The average Bonchev–Trinajstić information content (AvgIpc) is 3.07. The lowest BCUT2D eigenvalue weighted by molar-refractivity contribution is 0.0978. The Balaban J connectivity index is 1.58. The molecule has 0 atom stereocenters. The summed E-state index contributed by atoms with van der Waals surface area (Å²) >= 11 is 6.10. The van der Waals surface area contributed by atoms with Crippen LogP contribution >= 0.6 is 11.6 Å². The van der Waals surface area contributed by atoms with Gasteiger partial charge in [-0.15, -0.1) is 0 Å². The molecule has 0 radical (unpaired) electrons. The fraction of sp³-hybridized carbons (Fsp3) is 0.100. The van der Waals surface area contributed by atoms with Crippen molar-refractivity contribution < 1.29 is 22.5 Å². The zero-order chi connectivity index (χ0) is 22.3. The van der Waals surface area contributed by atoms with Gasteiger partial charge < -0.3 is 9.84 Å². The molecule has 1 aromatic carbocycles. The third-order valence-electron chi connectivity index (χ3n) is 4.73. The second-order valence-corrected chi connectivity index (χ2v) is 8.78. The molecule has 2 aromatic heterocycles. The SMILES string of the molecule is Cc1noc(NS(=O)(=O)c2ccc(NC3=C(Cl)C(=O)c4ncccc4C3=O)cc2)c1C. The zero-order valence-corrected chi connectivity index (χ0v) is 17.8. The number of benzene rings is 1. The highest BCUT2D eigenvalue weighted by molar-refractivity contribution is 7.92. The number of Topliss-reactive ketones (excluding diaryl/α,β-unsaturated/α-hetero) is 2. The molecule has 3 aromatic rings. The fourth-order valence-electron chi connectivity index (χ4n) is 2.89. The van der Waals surface area contributed by atoms with Crippen molar-refractivity contribution in [1.82, 2.24) is 10.1 Å². The summed E-state index contributed by atoms with van der Waals surface area (Å²) in [5.74, 6) is -1.02. The molecule has 1 aliphatic carbocycles. The molecular weight excluding hydrogens is 444 g/mol. The first-order chi connectivity index (χ1) is 14.7. The van der Waals surface area contributed by atoms with Crippen LogP contribution in [0.3, 0.4) is 0 Å². The molecule has 0 saturated carbocycles. The normalized spacial score (nSPS) is 13.9. The van der Waals surface area contributed by atoms with Gasteiger partial charge in [-0.2, -0.15) is 0 Å². The first kappa shape index (κ1) is 20.8. The van der Waals surface area contributed by atoms with Crippen LogP contribution in [-0.4, -0.2) is 30.1 Å². The van der Waals surface area contributed by atoms with Crippen molar-refractivity contribution in [2.75, 3.05) is 10.0 Å². The Bertz CT molecular complexity index is 1360. The van der Waals surface area contributed by atoms with Gasteiger partial charge in [0.25, 0.3) is 10.0 Å². The summed E-state index contributed by atoms with van der Waals surface area (Å²) in [6.45, 7) is 3.38. The van der Waals surface area contributed by atoms with Crippen molar-refractivity contribution in [2.45, 2.75) is 18.7 Å². The van der Waals surface area contributed by atoms with Crippen LogP contribution in [-0.2, 0) is 10.0 Å². The number of aromatic nitrogens is 2. The summed E-state index contributed by atoms with van der Waals surface area (Å²) in [5.41, 5.74) is 1.56. The van der Waals surface area contributed by atoms with Gasteiger partial charge >= 0.3 is 0 Å². The Kier molecular flexibility index (Phi) is 5.11. The van der Waals surface area contributed by atoms with Gasteiger partial charge in [-0.05, 0) is 50.2 Å². The molecule has 0 saturated heterocycles. The quantitative estimate of drug-likeness (QED) is 0.594. The summed E-state index contributed by atoms with van der Waals surface area (Å²) < 4.78 is 32.5. The number of fused-ring (bicyclic) bond motifs is 1. The Labute approximate surface area is 182 Å². The highest BCUT2D eigenvalue weighted by Gasteiger charge is 2.32. The van der Waals surface area contributed by atoms with Gasteiger partial charge in [0.05, 0.1) is 16.2 Å². The van der Waals surface area contributed by atoms with Gasteiger partial charge in [0, 0.05) is 17.4 Å². The lowest BCUT2D eigenvalue weighted by Gasteiger charge is -2.18. The number of nitrogens with one attached hydrogen (secondary N) is 2.